The smallest absolute Gasteiger partial charge is 0.306 e. The summed E-state index contributed by atoms with van der Waals surface area (Å²) in [5.74, 6) is -6.07. The van der Waals surface area contributed by atoms with Crippen molar-refractivity contribution in [2.45, 2.75) is 234 Å². The number of aliphatic carboxylic acids is 2. The summed E-state index contributed by atoms with van der Waals surface area (Å²) in [6.45, 7) is 24.7. The molecule has 6 unspecified atom stereocenters. The highest BCUT2D eigenvalue weighted by molar-refractivity contribution is 7.10. The van der Waals surface area contributed by atoms with Gasteiger partial charge in [0, 0.05) is 114 Å². The zero-order chi connectivity index (χ0) is 82.3. The lowest BCUT2D eigenvalue weighted by atomic mass is 9.82. The fourth-order valence-corrected chi connectivity index (χ4v) is 16.4. The molecule has 0 bridgehead atoms. The summed E-state index contributed by atoms with van der Waals surface area (Å²) in [5, 5.41) is 38.8. The Labute approximate surface area is 665 Å². The standard InChI is InChI=1S/C42H64N4O9S.C41H62N4O9S/c1-10-27(4)33(23-37(48)35-13-11-12-18-45(35)7)41(50)46(19-20-53-8)36(26(2)3)24-38(55-29(6)47)40-44-34(25-56-40)39(49)43-31(21-28(5)42(51)52)22-30-14-16-32(54-9)17-15-30;1-9-26(4)32(22-36(48)34-12-10-11-17-44(34)7)40(50)45(18-19-53-8)35(25(2)3)23-37(54-28(6)46)39-43-33(24-55-39)38(49)42-30(20-27(5)41(51)52)21-29-13-15-31(47)16-14-29/h14-17,25-28,31,33,35-36,38H,10-13,18-24H2,1-9H3,(H,43,49)(H,51,52);13-16,24-27,30,32,34-35,37,47H,9-12,17-23H2,1-8H3,(H,42,49)(H,51,52)/t27?,28-,31+,33?,35?,36+,38+;26?,27-,30+,32?,34?,35+,37+/m00/s1. The normalized spacial score (nSPS) is 18.0. The Balaban J connectivity index is 0.000000397. The molecular formula is C83H126N8O18S2. The van der Waals surface area contributed by atoms with Gasteiger partial charge in [0.15, 0.2) is 23.8 Å². The number of phenolic OH excluding ortho intramolecular Hbond substituents is 1. The number of Topliss-reactive ketones (excluding diaryl/α,β-unsaturated/α-hetero) is 2. The largest absolute Gasteiger partial charge is 0.508 e. The van der Waals surface area contributed by atoms with E-state index < -0.39 is 95.7 Å². The van der Waals surface area contributed by atoms with Gasteiger partial charge in [-0.15, -0.1) is 22.7 Å². The number of nitrogens with zero attached hydrogens (tertiary/aromatic N) is 6. The van der Waals surface area contributed by atoms with Crippen LogP contribution in [0.2, 0.25) is 0 Å². The van der Waals surface area contributed by atoms with Crippen LogP contribution in [-0.4, -0.2) is 215 Å². The number of hydrogen-bond donors (Lipinski definition) is 5. The SMILES string of the molecule is CCC(C)C(CC(=O)C1CCCCN1C)C(=O)N(CCOC)[C@H](C[C@@H](OC(C)=O)c1nc(C(=O)N[C@@H](Cc2ccc(O)cc2)C[C@H](C)C(=O)O)cs1)C(C)C.CCC(C)C(CC(=O)C1CCCCN1C)C(=O)N(CCOC)[C@H](C[C@@H](OC(C)=O)c1nc(C(=O)N[C@@H](Cc2ccc(OC)cc2)C[C@H](C)C(=O)O)cs1)C(C)C. The second kappa shape index (κ2) is 47.0. The lowest BCUT2D eigenvalue weighted by Gasteiger charge is -2.39. The highest BCUT2D eigenvalue weighted by atomic mass is 32.1. The van der Waals surface area contributed by atoms with Crippen molar-refractivity contribution in [2.24, 2.45) is 47.3 Å². The van der Waals surface area contributed by atoms with Crippen LogP contribution < -0.4 is 15.4 Å². The molecule has 5 N–H and O–H groups in total. The summed E-state index contributed by atoms with van der Waals surface area (Å²) in [6, 6.07) is 11.6. The molecule has 0 saturated carbocycles. The van der Waals surface area contributed by atoms with Crippen LogP contribution >= 0.6 is 22.7 Å². The number of amides is 4. The second-order valence-electron chi connectivity index (χ2n) is 31.0. The van der Waals surface area contributed by atoms with E-state index in [0.717, 1.165) is 86.9 Å². The minimum Gasteiger partial charge on any atom is -0.508 e. The number of carboxylic acid groups (broad SMARTS) is 2. The molecule has 26 nitrogen and oxygen atoms in total. The molecule has 4 heterocycles. The number of likely N-dealkylation sites (tertiary alicyclic amines) is 2. The summed E-state index contributed by atoms with van der Waals surface area (Å²) in [5.41, 5.74) is 1.91. The predicted molar refractivity (Wildman–Crippen MR) is 426 cm³/mol. The van der Waals surface area contributed by atoms with E-state index in [4.69, 9.17) is 23.7 Å². The molecule has 0 spiro atoms. The van der Waals surface area contributed by atoms with Crippen LogP contribution in [0.4, 0.5) is 0 Å². The zero-order valence-corrected chi connectivity index (χ0v) is 70.2. The Kier molecular flexibility index (Phi) is 39.8. The molecular weight excluding hydrogens is 1460 g/mol. The topological polar surface area (TPSA) is 340 Å². The molecule has 618 valence electrons. The number of methoxy groups -OCH3 is 3. The number of aromatic hydroxyl groups is 1. The van der Waals surface area contributed by atoms with E-state index in [1.54, 1.807) is 67.9 Å². The molecule has 14 atom stereocenters. The molecule has 2 aliphatic heterocycles. The average Bonchev–Trinajstić information content (AvgIpc) is 1.65. The first-order valence-corrected chi connectivity index (χ1v) is 41.2. The van der Waals surface area contributed by atoms with E-state index in [0.29, 0.717) is 28.6 Å². The number of hydrogen-bond acceptors (Lipinski definition) is 22. The van der Waals surface area contributed by atoms with Crippen LogP contribution in [0.1, 0.15) is 227 Å². The maximum atomic E-state index is 14.7. The van der Waals surface area contributed by atoms with Gasteiger partial charge in [0.05, 0.1) is 44.2 Å². The van der Waals surface area contributed by atoms with Gasteiger partial charge >= 0.3 is 23.9 Å². The Hall–Kier alpha value is -7.76. The number of benzene rings is 2. The number of esters is 2. The number of rotatable bonds is 45. The fourth-order valence-electron chi connectivity index (χ4n) is 14.7. The number of thiazole rings is 2. The Morgan fingerprint density at radius 3 is 1.23 bits per heavy atom. The van der Waals surface area contributed by atoms with E-state index in [1.807, 2.05) is 93.8 Å². The first kappa shape index (κ1) is 93.8. The van der Waals surface area contributed by atoms with E-state index in [1.165, 1.54) is 37.3 Å². The number of carboxylic acids is 2. The van der Waals surface area contributed by atoms with Crippen molar-refractivity contribution in [1.29, 1.82) is 0 Å². The lowest BCUT2D eigenvalue weighted by molar-refractivity contribution is -0.152. The molecule has 2 aromatic heterocycles. The third-order valence-corrected chi connectivity index (χ3v) is 23.7. The molecule has 2 aliphatic rings. The highest BCUT2D eigenvalue weighted by Gasteiger charge is 2.42. The van der Waals surface area contributed by atoms with Gasteiger partial charge in [-0.3, -0.25) is 57.7 Å². The molecule has 111 heavy (non-hydrogen) atoms. The van der Waals surface area contributed by atoms with Crippen molar-refractivity contribution in [3.63, 3.8) is 0 Å². The van der Waals surface area contributed by atoms with E-state index >= 15 is 0 Å². The van der Waals surface area contributed by atoms with Crippen molar-refractivity contribution in [3.8, 4) is 11.5 Å². The van der Waals surface area contributed by atoms with Crippen LogP contribution in [0.5, 0.6) is 11.5 Å². The summed E-state index contributed by atoms with van der Waals surface area (Å²) in [7, 11) is 8.68. The summed E-state index contributed by atoms with van der Waals surface area (Å²) in [4.78, 5) is 150. The third kappa shape index (κ3) is 29.6. The first-order valence-electron chi connectivity index (χ1n) is 39.4. The zero-order valence-electron chi connectivity index (χ0n) is 68.5. The Bertz CT molecular complexity index is 3610. The second-order valence-corrected chi connectivity index (χ2v) is 32.8. The van der Waals surface area contributed by atoms with Gasteiger partial charge in [-0.2, -0.15) is 0 Å². The van der Waals surface area contributed by atoms with E-state index in [-0.39, 0.29) is 141 Å². The predicted octanol–water partition coefficient (Wildman–Crippen LogP) is 12.1. The van der Waals surface area contributed by atoms with Crippen LogP contribution in [0.15, 0.2) is 59.3 Å². The number of phenols is 1. The fraction of sp³-hybridized carbons (Fsp3) is 0.663. The van der Waals surface area contributed by atoms with Crippen molar-refractivity contribution in [2.75, 3.05) is 74.8 Å². The van der Waals surface area contributed by atoms with Gasteiger partial charge in [-0.05, 0) is 138 Å². The number of aromatic nitrogens is 2. The molecule has 6 rings (SSSR count). The highest BCUT2D eigenvalue weighted by Crippen LogP contribution is 2.37. The van der Waals surface area contributed by atoms with Crippen molar-refractivity contribution in [1.82, 2.24) is 40.2 Å². The number of likely N-dealkylation sites (N-methyl/N-ethyl adjacent to an activating group) is 2. The summed E-state index contributed by atoms with van der Waals surface area (Å²) >= 11 is 2.34. The van der Waals surface area contributed by atoms with E-state index in [9.17, 15) is 63.3 Å². The lowest BCUT2D eigenvalue weighted by Crippen LogP contribution is -2.50. The number of ketones is 2. The van der Waals surface area contributed by atoms with Crippen molar-refractivity contribution in [3.05, 3.63) is 91.8 Å². The first-order chi connectivity index (χ1) is 52.6. The summed E-state index contributed by atoms with van der Waals surface area (Å²) < 4.78 is 27.9. The number of carbonyl (C=O) groups is 10. The molecule has 4 aromatic rings. The molecule has 2 saturated heterocycles. The van der Waals surface area contributed by atoms with Gasteiger partial charge in [-0.1, -0.05) is 119 Å². The molecule has 2 aromatic carbocycles. The summed E-state index contributed by atoms with van der Waals surface area (Å²) in [6.07, 6.45) is 7.16. The van der Waals surface area contributed by atoms with Gasteiger partial charge in [0.25, 0.3) is 11.8 Å². The van der Waals surface area contributed by atoms with E-state index in [2.05, 4.69) is 30.4 Å². The van der Waals surface area contributed by atoms with Crippen molar-refractivity contribution < 1.29 is 86.9 Å². The minimum absolute atomic E-state index is 0.0467. The molecule has 2 fully saturated rings. The third-order valence-electron chi connectivity index (χ3n) is 21.8. The van der Waals surface area contributed by atoms with Crippen LogP contribution in [0, 0.1) is 47.3 Å². The maximum absolute atomic E-state index is 14.7. The maximum Gasteiger partial charge on any atom is 0.306 e. The van der Waals surface area contributed by atoms with Gasteiger partial charge < -0.3 is 59.4 Å². The molecule has 0 aliphatic carbocycles. The van der Waals surface area contributed by atoms with Crippen LogP contribution in [0.25, 0.3) is 0 Å². The number of ether oxygens (including phenoxy) is 5. The van der Waals surface area contributed by atoms with Gasteiger partial charge in [-0.25, -0.2) is 9.97 Å². The van der Waals surface area contributed by atoms with Gasteiger partial charge in [0.1, 0.15) is 32.9 Å². The van der Waals surface area contributed by atoms with Crippen molar-refractivity contribution >= 4 is 81.7 Å². The number of nitrogens with one attached hydrogen (secondary N) is 2. The monoisotopic (exact) mass is 1590 g/mol. The molecule has 28 heteroatoms. The quantitative estimate of drug-likeness (QED) is 0.0257. The Morgan fingerprint density at radius 2 is 0.919 bits per heavy atom. The number of piperidine rings is 2. The molecule has 0 radical (unpaired) electrons. The van der Waals surface area contributed by atoms with Crippen LogP contribution in [0.3, 0.4) is 0 Å². The van der Waals surface area contributed by atoms with Crippen LogP contribution in [-0.2, 0) is 70.1 Å². The average molecular weight is 1590 g/mol. The number of carbonyl (C=O) groups excluding carboxylic acids is 8. The minimum atomic E-state index is -0.984. The Morgan fingerprint density at radius 1 is 0.550 bits per heavy atom. The van der Waals surface area contributed by atoms with Gasteiger partial charge in [0.2, 0.25) is 11.8 Å². The molecule has 4 amide bonds.